The van der Waals surface area contributed by atoms with Crippen LogP contribution in [0, 0.1) is 17.2 Å². The SMILES string of the molecule is CC(C)CN(CCC#N)C(=O)c1cccc(Cl)c1N. The van der Waals surface area contributed by atoms with Crippen molar-refractivity contribution in [3.8, 4) is 6.07 Å². The normalized spacial score (nSPS) is 10.3. The Hall–Kier alpha value is -1.73. The maximum Gasteiger partial charge on any atom is 0.256 e. The minimum atomic E-state index is -0.177. The molecule has 4 nitrogen and oxygen atoms in total. The number of anilines is 1. The molecule has 0 aliphatic heterocycles. The minimum Gasteiger partial charge on any atom is -0.397 e. The van der Waals surface area contributed by atoms with Gasteiger partial charge in [0.05, 0.1) is 28.8 Å². The lowest BCUT2D eigenvalue weighted by atomic mass is 10.1. The van der Waals surface area contributed by atoms with E-state index in [1.54, 1.807) is 23.1 Å². The van der Waals surface area contributed by atoms with Gasteiger partial charge in [0.25, 0.3) is 5.91 Å². The van der Waals surface area contributed by atoms with Gasteiger partial charge in [0.2, 0.25) is 0 Å². The number of carbonyl (C=O) groups excluding carboxylic acids is 1. The second-order valence-corrected chi connectivity index (χ2v) is 5.16. The van der Waals surface area contributed by atoms with Crippen molar-refractivity contribution in [2.75, 3.05) is 18.8 Å². The summed E-state index contributed by atoms with van der Waals surface area (Å²) in [7, 11) is 0. The minimum absolute atomic E-state index is 0.177. The van der Waals surface area contributed by atoms with Crippen LogP contribution < -0.4 is 5.73 Å². The smallest absolute Gasteiger partial charge is 0.256 e. The van der Waals surface area contributed by atoms with Crippen LogP contribution in [0.2, 0.25) is 5.02 Å². The fourth-order valence-corrected chi connectivity index (χ4v) is 1.97. The van der Waals surface area contributed by atoms with E-state index in [0.717, 1.165) is 0 Å². The number of nitriles is 1. The molecule has 0 aromatic heterocycles. The summed E-state index contributed by atoms with van der Waals surface area (Å²) in [5, 5.41) is 9.04. The molecule has 19 heavy (non-hydrogen) atoms. The van der Waals surface area contributed by atoms with Crippen LogP contribution in [-0.4, -0.2) is 23.9 Å². The van der Waals surface area contributed by atoms with E-state index in [2.05, 4.69) is 6.07 Å². The van der Waals surface area contributed by atoms with Crippen LogP contribution in [0.5, 0.6) is 0 Å². The number of rotatable bonds is 5. The molecule has 0 saturated carbocycles. The summed E-state index contributed by atoms with van der Waals surface area (Å²) >= 11 is 5.92. The first-order valence-electron chi connectivity index (χ1n) is 6.17. The second kappa shape index (κ2) is 7.01. The van der Waals surface area contributed by atoms with Crippen LogP contribution in [0.4, 0.5) is 5.69 Å². The van der Waals surface area contributed by atoms with Crippen LogP contribution in [0.1, 0.15) is 30.6 Å². The first-order valence-corrected chi connectivity index (χ1v) is 6.55. The van der Waals surface area contributed by atoms with E-state index in [1.165, 1.54) is 0 Å². The van der Waals surface area contributed by atoms with E-state index in [9.17, 15) is 4.79 Å². The van der Waals surface area contributed by atoms with E-state index < -0.39 is 0 Å². The van der Waals surface area contributed by atoms with Gasteiger partial charge in [-0.1, -0.05) is 31.5 Å². The molecule has 1 amide bonds. The Morgan fingerprint density at radius 3 is 2.79 bits per heavy atom. The summed E-state index contributed by atoms with van der Waals surface area (Å²) in [4.78, 5) is 14.1. The molecule has 0 saturated heterocycles. The molecule has 5 heteroatoms. The van der Waals surface area contributed by atoms with Gasteiger partial charge in [0.15, 0.2) is 0 Å². The Morgan fingerprint density at radius 2 is 2.21 bits per heavy atom. The van der Waals surface area contributed by atoms with Gasteiger partial charge in [-0.25, -0.2) is 0 Å². The molecule has 1 aromatic carbocycles. The molecule has 1 aromatic rings. The van der Waals surface area contributed by atoms with Gasteiger partial charge < -0.3 is 10.6 Å². The molecule has 0 heterocycles. The topological polar surface area (TPSA) is 70.1 Å². The Labute approximate surface area is 118 Å². The molecule has 0 aliphatic carbocycles. The third kappa shape index (κ3) is 4.15. The summed E-state index contributed by atoms with van der Waals surface area (Å²) in [6.07, 6.45) is 0.304. The Morgan fingerprint density at radius 1 is 1.53 bits per heavy atom. The summed E-state index contributed by atoms with van der Waals surface area (Å²) in [6, 6.07) is 7.06. The Kier molecular flexibility index (Phi) is 5.65. The standard InChI is InChI=1S/C14H18ClN3O/c1-10(2)9-18(8-4-7-16)14(19)11-5-3-6-12(15)13(11)17/h3,5-6,10H,4,8-9,17H2,1-2H3. The number of para-hydroxylation sites is 1. The highest BCUT2D eigenvalue weighted by molar-refractivity contribution is 6.33. The highest BCUT2D eigenvalue weighted by atomic mass is 35.5. The molecule has 0 aliphatic rings. The molecule has 0 fully saturated rings. The first kappa shape index (κ1) is 15.3. The van der Waals surface area contributed by atoms with Gasteiger partial charge in [-0.2, -0.15) is 5.26 Å². The number of halogens is 1. The predicted octanol–water partition coefficient (Wildman–Crippen LogP) is 2.93. The van der Waals surface area contributed by atoms with Crippen LogP contribution in [0.15, 0.2) is 18.2 Å². The van der Waals surface area contributed by atoms with Gasteiger partial charge in [-0.3, -0.25) is 4.79 Å². The Bertz CT molecular complexity index is 494. The van der Waals surface area contributed by atoms with Gasteiger partial charge >= 0.3 is 0 Å². The van der Waals surface area contributed by atoms with E-state index >= 15 is 0 Å². The van der Waals surface area contributed by atoms with Crippen molar-refractivity contribution < 1.29 is 4.79 Å². The summed E-state index contributed by atoms with van der Waals surface area (Å²) in [5.41, 5.74) is 6.52. The Balaban J connectivity index is 2.98. The van der Waals surface area contributed by atoms with Crippen molar-refractivity contribution in [3.05, 3.63) is 28.8 Å². The molecular formula is C14H18ClN3O. The molecule has 1 rings (SSSR count). The zero-order valence-corrected chi connectivity index (χ0v) is 11.9. The van der Waals surface area contributed by atoms with E-state index in [4.69, 9.17) is 22.6 Å². The number of nitrogens with zero attached hydrogens (tertiary/aromatic N) is 2. The molecule has 0 unspecified atom stereocenters. The van der Waals surface area contributed by atoms with Crippen molar-refractivity contribution in [1.82, 2.24) is 4.90 Å². The summed E-state index contributed by atoms with van der Waals surface area (Å²) < 4.78 is 0. The molecular weight excluding hydrogens is 262 g/mol. The number of carbonyl (C=O) groups is 1. The van der Waals surface area contributed by atoms with Crippen molar-refractivity contribution in [2.24, 2.45) is 5.92 Å². The average molecular weight is 280 g/mol. The lowest BCUT2D eigenvalue weighted by Gasteiger charge is -2.24. The number of amides is 1. The van der Waals surface area contributed by atoms with Crippen molar-refractivity contribution in [2.45, 2.75) is 20.3 Å². The van der Waals surface area contributed by atoms with Gasteiger partial charge in [0.1, 0.15) is 0 Å². The highest BCUT2D eigenvalue weighted by Crippen LogP contribution is 2.24. The molecule has 2 N–H and O–H groups in total. The molecule has 0 radical (unpaired) electrons. The quantitative estimate of drug-likeness (QED) is 0.843. The third-order valence-corrected chi connectivity index (χ3v) is 2.98. The zero-order valence-electron chi connectivity index (χ0n) is 11.2. The van der Waals surface area contributed by atoms with Crippen LogP contribution >= 0.6 is 11.6 Å². The van der Waals surface area contributed by atoms with Crippen molar-refractivity contribution >= 4 is 23.2 Å². The molecule has 0 atom stereocenters. The lowest BCUT2D eigenvalue weighted by Crippen LogP contribution is -2.35. The highest BCUT2D eigenvalue weighted by Gasteiger charge is 2.19. The predicted molar refractivity (Wildman–Crippen MR) is 76.8 cm³/mol. The van der Waals surface area contributed by atoms with E-state index in [0.29, 0.717) is 41.7 Å². The van der Waals surface area contributed by atoms with Crippen LogP contribution in [-0.2, 0) is 0 Å². The van der Waals surface area contributed by atoms with Gasteiger partial charge in [-0.15, -0.1) is 0 Å². The zero-order chi connectivity index (χ0) is 14.4. The van der Waals surface area contributed by atoms with Crippen molar-refractivity contribution in [1.29, 1.82) is 5.26 Å². The van der Waals surface area contributed by atoms with Crippen molar-refractivity contribution in [3.63, 3.8) is 0 Å². The maximum atomic E-state index is 12.4. The largest absolute Gasteiger partial charge is 0.397 e. The molecule has 0 bridgehead atoms. The summed E-state index contributed by atoms with van der Waals surface area (Å²) in [6.45, 7) is 5.04. The number of nitrogen functional groups attached to an aromatic ring is 1. The molecule has 102 valence electrons. The maximum absolute atomic E-state index is 12.4. The third-order valence-electron chi connectivity index (χ3n) is 2.65. The lowest BCUT2D eigenvalue weighted by molar-refractivity contribution is 0.0741. The monoisotopic (exact) mass is 279 g/mol. The summed E-state index contributed by atoms with van der Waals surface area (Å²) in [5.74, 6) is 0.145. The fourth-order valence-electron chi connectivity index (χ4n) is 1.80. The van der Waals surface area contributed by atoms with E-state index in [-0.39, 0.29) is 5.91 Å². The van der Waals surface area contributed by atoms with Crippen LogP contribution in [0.25, 0.3) is 0 Å². The fraction of sp³-hybridized carbons (Fsp3) is 0.429. The number of nitrogens with two attached hydrogens (primary N) is 1. The number of hydrogen-bond acceptors (Lipinski definition) is 3. The number of benzene rings is 1. The second-order valence-electron chi connectivity index (χ2n) is 4.75. The van der Waals surface area contributed by atoms with Gasteiger partial charge in [0, 0.05) is 13.1 Å². The van der Waals surface area contributed by atoms with E-state index in [1.807, 2.05) is 13.8 Å². The first-order chi connectivity index (χ1) is 8.97. The average Bonchev–Trinajstić information content (AvgIpc) is 2.36. The number of hydrogen-bond donors (Lipinski definition) is 1. The van der Waals surface area contributed by atoms with Crippen LogP contribution in [0.3, 0.4) is 0 Å². The van der Waals surface area contributed by atoms with Gasteiger partial charge in [-0.05, 0) is 18.1 Å². The molecule has 0 spiro atoms.